The molecule has 1 saturated heterocycles. The largest absolute Gasteiger partial charge is 0.493 e. The van der Waals surface area contributed by atoms with Crippen molar-refractivity contribution >= 4 is 15.7 Å². The van der Waals surface area contributed by atoms with E-state index in [4.69, 9.17) is 4.74 Å². The second-order valence-corrected chi connectivity index (χ2v) is 6.38. The molecule has 5 nitrogen and oxygen atoms in total. The molecule has 17 heavy (non-hydrogen) atoms. The summed E-state index contributed by atoms with van der Waals surface area (Å²) in [5.74, 6) is 1.71. The number of nitrogens with one attached hydrogen (secondary N) is 1. The van der Waals surface area contributed by atoms with Crippen LogP contribution in [0.4, 0.5) is 5.82 Å². The molecule has 1 N–H and O–H groups in total. The normalized spacial score (nSPS) is 23.0. The molecule has 1 aromatic rings. The molecule has 0 spiro atoms. The highest BCUT2D eigenvalue weighted by molar-refractivity contribution is 7.91. The minimum atomic E-state index is -2.90. The molecule has 0 saturated carbocycles. The van der Waals surface area contributed by atoms with Gasteiger partial charge in [-0.1, -0.05) is 0 Å². The van der Waals surface area contributed by atoms with Gasteiger partial charge in [0, 0.05) is 12.2 Å². The Morgan fingerprint density at radius 1 is 1.53 bits per heavy atom. The zero-order valence-corrected chi connectivity index (χ0v) is 10.5. The molecular formula is C11H16N2O3S. The summed E-state index contributed by atoms with van der Waals surface area (Å²) in [6.45, 7) is 0. The van der Waals surface area contributed by atoms with E-state index < -0.39 is 9.84 Å². The van der Waals surface area contributed by atoms with E-state index in [2.05, 4.69) is 10.3 Å². The average Bonchev–Trinajstić information content (AvgIpc) is 2.28. The van der Waals surface area contributed by atoms with E-state index in [9.17, 15) is 8.42 Å². The van der Waals surface area contributed by atoms with Crippen LogP contribution < -0.4 is 10.1 Å². The van der Waals surface area contributed by atoms with Crippen LogP contribution in [-0.4, -0.2) is 38.1 Å². The van der Waals surface area contributed by atoms with Crippen molar-refractivity contribution in [3.05, 3.63) is 18.3 Å². The molecule has 0 aliphatic carbocycles. The molecule has 2 rings (SSSR count). The van der Waals surface area contributed by atoms with Gasteiger partial charge in [0.05, 0.1) is 18.6 Å². The molecule has 1 fully saturated rings. The quantitative estimate of drug-likeness (QED) is 0.876. The second-order valence-electron chi connectivity index (χ2n) is 4.15. The second kappa shape index (κ2) is 4.91. The average molecular weight is 256 g/mol. The SMILES string of the molecule is COc1cccnc1NC1CCCS(=O)(=O)C1. The van der Waals surface area contributed by atoms with E-state index in [1.54, 1.807) is 25.4 Å². The van der Waals surface area contributed by atoms with Crippen molar-refractivity contribution in [2.45, 2.75) is 18.9 Å². The first kappa shape index (κ1) is 12.2. The number of hydrogen-bond donors (Lipinski definition) is 1. The fourth-order valence-electron chi connectivity index (χ4n) is 1.99. The molecular weight excluding hydrogens is 240 g/mol. The van der Waals surface area contributed by atoms with E-state index >= 15 is 0 Å². The number of methoxy groups -OCH3 is 1. The number of hydrogen-bond acceptors (Lipinski definition) is 5. The van der Waals surface area contributed by atoms with Crippen LogP contribution in [0.5, 0.6) is 5.75 Å². The van der Waals surface area contributed by atoms with Gasteiger partial charge < -0.3 is 10.1 Å². The zero-order chi connectivity index (χ0) is 12.3. The van der Waals surface area contributed by atoms with Gasteiger partial charge in [-0.25, -0.2) is 13.4 Å². The van der Waals surface area contributed by atoms with E-state index in [-0.39, 0.29) is 11.8 Å². The highest BCUT2D eigenvalue weighted by atomic mass is 32.2. The summed E-state index contributed by atoms with van der Waals surface area (Å²) in [6.07, 6.45) is 3.20. The smallest absolute Gasteiger partial charge is 0.168 e. The molecule has 0 bridgehead atoms. The molecule has 0 aromatic carbocycles. The Hall–Kier alpha value is -1.30. The first-order valence-corrected chi connectivity index (χ1v) is 7.39. The topological polar surface area (TPSA) is 68.3 Å². The molecule has 2 heterocycles. The number of nitrogens with zero attached hydrogens (tertiary/aromatic N) is 1. The van der Waals surface area contributed by atoms with E-state index in [1.807, 2.05) is 0 Å². The van der Waals surface area contributed by atoms with Gasteiger partial charge >= 0.3 is 0 Å². The van der Waals surface area contributed by atoms with Gasteiger partial charge in [-0.05, 0) is 25.0 Å². The van der Waals surface area contributed by atoms with Crippen LogP contribution in [0.25, 0.3) is 0 Å². The monoisotopic (exact) mass is 256 g/mol. The summed E-state index contributed by atoms with van der Waals surface area (Å²) in [5.41, 5.74) is 0. The van der Waals surface area contributed by atoms with Crippen molar-refractivity contribution in [2.24, 2.45) is 0 Å². The third-order valence-corrected chi connectivity index (χ3v) is 4.62. The Morgan fingerprint density at radius 3 is 3.06 bits per heavy atom. The molecule has 1 aromatic heterocycles. The molecule has 94 valence electrons. The maximum absolute atomic E-state index is 11.5. The Balaban J connectivity index is 2.10. The third kappa shape index (κ3) is 3.09. The first-order valence-electron chi connectivity index (χ1n) is 5.57. The first-order chi connectivity index (χ1) is 8.11. The predicted octanol–water partition coefficient (Wildman–Crippen LogP) is 1.08. The van der Waals surface area contributed by atoms with Gasteiger partial charge in [0.25, 0.3) is 0 Å². The molecule has 1 unspecified atom stereocenters. The van der Waals surface area contributed by atoms with E-state index in [0.717, 1.165) is 6.42 Å². The van der Waals surface area contributed by atoms with Gasteiger partial charge in [-0.2, -0.15) is 0 Å². The number of ether oxygens (including phenoxy) is 1. The maximum Gasteiger partial charge on any atom is 0.168 e. The molecule has 1 atom stereocenters. The summed E-state index contributed by atoms with van der Waals surface area (Å²) < 4.78 is 28.2. The molecule has 0 amide bonds. The van der Waals surface area contributed by atoms with Crippen molar-refractivity contribution in [3.63, 3.8) is 0 Å². The van der Waals surface area contributed by atoms with E-state index in [1.165, 1.54) is 0 Å². The highest BCUT2D eigenvalue weighted by Crippen LogP contribution is 2.23. The van der Waals surface area contributed by atoms with Crippen LogP contribution in [0.1, 0.15) is 12.8 Å². The maximum atomic E-state index is 11.5. The lowest BCUT2D eigenvalue weighted by Gasteiger charge is -2.24. The van der Waals surface area contributed by atoms with Crippen LogP contribution in [0.3, 0.4) is 0 Å². The summed E-state index contributed by atoms with van der Waals surface area (Å²) in [5, 5.41) is 3.14. The number of sulfone groups is 1. The van der Waals surface area contributed by atoms with Gasteiger partial charge in [-0.3, -0.25) is 0 Å². The molecule has 6 heteroatoms. The molecule has 1 aliphatic heterocycles. The Labute approximate surface area is 101 Å². The van der Waals surface area contributed by atoms with Crippen molar-refractivity contribution in [1.82, 2.24) is 4.98 Å². The highest BCUT2D eigenvalue weighted by Gasteiger charge is 2.25. The lowest BCUT2D eigenvalue weighted by molar-refractivity contribution is 0.414. The zero-order valence-electron chi connectivity index (χ0n) is 9.72. The summed E-state index contributed by atoms with van der Waals surface area (Å²) in [6, 6.07) is 3.51. The van der Waals surface area contributed by atoms with Crippen LogP contribution in [0.15, 0.2) is 18.3 Å². The number of pyridine rings is 1. The van der Waals surface area contributed by atoms with Gasteiger partial charge in [0.2, 0.25) is 0 Å². The fraction of sp³-hybridized carbons (Fsp3) is 0.545. The van der Waals surface area contributed by atoms with Gasteiger partial charge in [0.1, 0.15) is 0 Å². The molecule has 0 radical (unpaired) electrons. The Bertz CT molecular complexity index is 487. The summed E-state index contributed by atoms with van der Waals surface area (Å²) in [4.78, 5) is 4.16. The van der Waals surface area contributed by atoms with Crippen molar-refractivity contribution < 1.29 is 13.2 Å². The van der Waals surface area contributed by atoms with Crippen molar-refractivity contribution in [1.29, 1.82) is 0 Å². The minimum absolute atomic E-state index is 0.0717. The number of rotatable bonds is 3. The Kier molecular flexibility index (Phi) is 3.51. The third-order valence-electron chi connectivity index (χ3n) is 2.79. The Morgan fingerprint density at radius 2 is 2.35 bits per heavy atom. The van der Waals surface area contributed by atoms with Gasteiger partial charge in [-0.15, -0.1) is 0 Å². The summed E-state index contributed by atoms with van der Waals surface area (Å²) >= 11 is 0. The fourth-order valence-corrected chi connectivity index (χ4v) is 3.63. The van der Waals surface area contributed by atoms with E-state index in [0.29, 0.717) is 23.7 Å². The predicted molar refractivity (Wildman–Crippen MR) is 66.1 cm³/mol. The van der Waals surface area contributed by atoms with Gasteiger partial charge in [0.15, 0.2) is 21.4 Å². The standard InChI is InChI=1S/C11H16N2O3S/c1-16-10-5-2-6-12-11(10)13-9-4-3-7-17(14,15)8-9/h2,5-6,9H,3-4,7-8H2,1H3,(H,12,13). The lowest BCUT2D eigenvalue weighted by atomic mass is 10.2. The molecule has 1 aliphatic rings. The number of aromatic nitrogens is 1. The number of anilines is 1. The van der Waals surface area contributed by atoms with Crippen LogP contribution in [0, 0.1) is 0 Å². The van der Waals surface area contributed by atoms with Crippen LogP contribution >= 0.6 is 0 Å². The van der Waals surface area contributed by atoms with Crippen LogP contribution in [0.2, 0.25) is 0 Å². The minimum Gasteiger partial charge on any atom is -0.493 e. The summed E-state index contributed by atoms with van der Waals surface area (Å²) in [7, 11) is -1.33. The van der Waals surface area contributed by atoms with Crippen molar-refractivity contribution in [2.75, 3.05) is 23.9 Å². The van der Waals surface area contributed by atoms with Crippen LogP contribution in [-0.2, 0) is 9.84 Å². The lowest BCUT2D eigenvalue weighted by Crippen LogP contribution is -2.35. The van der Waals surface area contributed by atoms with Crippen molar-refractivity contribution in [3.8, 4) is 5.75 Å².